The number of anilines is 1. The van der Waals surface area contributed by atoms with Crippen LogP contribution in [0.3, 0.4) is 0 Å². The van der Waals surface area contributed by atoms with Crippen molar-refractivity contribution in [2.24, 2.45) is 0 Å². The van der Waals surface area contributed by atoms with Gasteiger partial charge in [0.25, 0.3) is 11.6 Å². The van der Waals surface area contributed by atoms with Crippen LogP contribution in [0.4, 0.5) is 5.69 Å². The predicted octanol–water partition coefficient (Wildman–Crippen LogP) is 0.875. The molecule has 0 saturated heterocycles. The molecule has 0 aliphatic carbocycles. The van der Waals surface area contributed by atoms with Crippen molar-refractivity contribution in [3.8, 4) is 11.5 Å². The summed E-state index contributed by atoms with van der Waals surface area (Å²) in [5.74, 6) is 2.71. The number of rotatable bonds is 2. The van der Waals surface area contributed by atoms with Crippen molar-refractivity contribution in [2.45, 2.75) is 31.4 Å². The third-order valence-corrected chi connectivity index (χ3v) is 6.35. The predicted molar refractivity (Wildman–Crippen MR) is 111 cm³/mol. The minimum atomic E-state index is -1.11. The molecule has 1 atom stereocenters. The monoisotopic (exact) mass is 522 g/mol. The summed E-state index contributed by atoms with van der Waals surface area (Å²) in [6.45, 7) is 2.67. The van der Waals surface area contributed by atoms with Crippen LogP contribution in [0.15, 0.2) is 46.9 Å². The second-order valence-corrected chi connectivity index (χ2v) is 8.55. The number of aliphatic hydroxyl groups is 1. The molecule has 5 nitrogen and oxygen atoms in total. The van der Waals surface area contributed by atoms with Gasteiger partial charge in [-0.05, 0) is 43.5 Å². The summed E-state index contributed by atoms with van der Waals surface area (Å²) in [7, 11) is 0. The highest BCUT2D eigenvalue weighted by Crippen LogP contribution is 2.41. The standard InChI is InChI=1S/C22H24BrN2O3.BrH/c23-17-7-5-16(6-8-17)22(26)15-24-11-3-1-2-4-21(24)25(22)18-9-10-19-20(14-18)28-13-12-27-19;/h5-10,14,26H,1-4,11-13,15H2;1H/q+1;/p-1. The zero-order valence-corrected chi connectivity index (χ0v) is 19.3. The summed E-state index contributed by atoms with van der Waals surface area (Å²) in [5, 5.41) is 12.0. The van der Waals surface area contributed by atoms with Gasteiger partial charge >= 0.3 is 0 Å². The molecule has 154 valence electrons. The molecule has 7 heteroatoms. The van der Waals surface area contributed by atoms with E-state index in [0.717, 1.165) is 53.0 Å². The number of halogens is 2. The van der Waals surface area contributed by atoms with Crippen molar-refractivity contribution in [1.29, 1.82) is 0 Å². The van der Waals surface area contributed by atoms with Crippen LogP contribution in [0.2, 0.25) is 0 Å². The Morgan fingerprint density at radius 1 is 0.966 bits per heavy atom. The molecule has 2 aromatic rings. The van der Waals surface area contributed by atoms with Gasteiger partial charge in [-0.3, -0.25) is 4.58 Å². The average Bonchev–Trinajstić information content (AvgIpc) is 2.84. The number of hydrogen-bond acceptors (Lipinski definition) is 4. The molecule has 3 aliphatic heterocycles. The summed E-state index contributed by atoms with van der Waals surface area (Å²) >= 11 is 3.50. The molecule has 1 unspecified atom stereocenters. The van der Waals surface area contributed by atoms with Gasteiger partial charge in [0.1, 0.15) is 18.9 Å². The number of ether oxygens (including phenoxy) is 2. The van der Waals surface area contributed by atoms with E-state index in [9.17, 15) is 5.11 Å². The maximum atomic E-state index is 12.0. The molecule has 0 fully saturated rings. The van der Waals surface area contributed by atoms with E-state index in [1.165, 1.54) is 12.3 Å². The van der Waals surface area contributed by atoms with Crippen LogP contribution >= 0.6 is 15.9 Å². The van der Waals surface area contributed by atoms with Crippen molar-refractivity contribution in [3.63, 3.8) is 0 Å². The molecule has 0 saturated carbocycles. The lowest BCUT2D eigenvalue weighted by Gasteiger charge is -2.30. The van der Waals surface area contributed by atoms with Crippen molar-refractivity contribution in [3.05, 3.63) is 52.5 Å². The Kier molecular flexibility index (Phi) is 5.91. The third kappa shape index (κ3) is 3.68. The van der Waals surface area contributed by atoms with Gasteiger partial charge in [0, 0.05) is 22.5 Å². The summed E-state index contributed by atoms with van der Waals surface area (Å²) in [6.07, 6.45) is 4.50. The zero-order valence-electron chi connectivity index (χ0n) is 16.1. The van der Waals surface area contributed by atoms with Crippen molar-refractivity contribution in [1.82, 2.24) is 0 Å². The van der Waals surface area contributed by atoms with Gasteiger partial charge in [0.15, 0.2) is 18.0 Å². The average molecular weight is 524 g/mol. The molecule has 0 radical (unpaired) electrons. The van der Waals surface area contributed by atoms with Crippen LogP contribution in [0.5, 0.6) is 11.5 Å². The van der Waals surface area contributed by atoms with Crippen molar-refractivity contribution >= 4 is 27.5 Å². The molecule has 3 heterocycles. The van der Waals surface area contributed by atoms with Gasteiger partial charge in [-0.25, -0.2) is 0 Å². The Labute approximate surface area is 189 Å². The van der Waals surface area contributed by atoms with E-state index in [0.29, 0.717) is 19.8 Å². The number of nitrogens with zero attached hydrogens (tertiary/aromatic N) is 2. The summed E-state index contributed by atoms with van der Waals surface area (Å²) in [4.78, 5) is 2.11. The molecule has 5 rings (SSSR count). The molecule has 0 bridgehead atoms. The molecular weight excluding hydrogens is 500 g/mol. The quantitative estimate of drug-likeness (QED) is 0.593. The second kappa shape index (κ2) is 8.28. The van der Waals surface area contributed by atoms with E-state index in [2.05, 4.69) is 25.4 Å². The topological polar surface area (TPSA) is 44.9 Å². The number of benzene rings is 2. The molecule has 1 N–H and O–H groups in total. The van der Waals surface area contributed by atoms with Gasteiger partial charge in [-0.2, -0.15) is 4.90 Å². The van der Waals surface area contributed by atoms with Crippen LogP contribution in [-0.4, -0.2) is 41.8 Å². The fraction of sp³-hybridized carbons (Fsp3) is 0.409. The molecular formula is C22H24Br2N2O3. The highest BCUT2D eigenvalue weighted by Gasteiger charge is 2.54. The van der Waals surface area contributed by atoms with Crippen LogP contribution in [-0.2, 0) is 5.72 Å². The lowest BCUT2D eigenvalue weighted by Crippen LogP contribution is -3.00. The summed E-state index contributed by atoms with van der Waals surface area (Å²) in [6, 6.07) is 14.0. The van der Waals surface area contributed by atoms with E-state index < -0.39 is 5.72 Å². The first-order chi connectivity index (χ1) is 13.6. The van der Waals surface area contributed by atoms with Crippen LogP contribution in [0.1, 0.15) is 31.2 Å². The Hall–Kier alpha value is -1.57. The minimum absolute atomic E-state index is 0. The van der Waals surface area contributed by atoms with Crippen molar-refractivity contribution < 1.29 is 36.1 Å². The third-order valence-electron chi connectivity index (χ3n) is 5.82. The van der Waals surface area contributed by atoms with Gasteiger partial charge in [-0.15, -0.1) is 0 Å². The lowest BCUT2D eigenvalue weighted by molar-refractivity contribution is -0.534. The Morgan fingerprint density at radius 3 is 2.52 bits per heavy atom. The van der Waals surface area contributed by atoms with Crippen LogP contribution in [0.25, 0.3) is 0 Å². The molecule has 0 amide bonds. The highest BCUT2D eigenvalue weighted by atomic mass is 79.9. The Balaban J connectivity index is 0.00000205. The molecule has 0 aromatic heterocycles. The normalized spacial score (nSPS) is 23.3. The maximum Gasteiger partial charge on any atom is 0.275 e. The number of fused-ring (bicyclic) bond motifs is 1. The van der Waals surface area contributed by atoms with Gasteiger partial charge < -0.3 is 31.6 Å². The lowest BCUT2D eigenvalue weighted by atomic mass is 10.00. The second-order valence-electron chi connectivity index (χ2n) is 7.64. The van der Waals surface area contributed by atoms with Gasteiger partial charge in [0.2, 0.25) is 0 Å². The molecule has 0 spiro atoms. The smallest absolute Gasteiger partial charge is 0.275 e. The first-order valence-corrected chi connectivity index (χ1v) is 10.7. The number of hydrogen-bond donors (Lipinski definition) is 1. The fourth-order valence-corrected chi connectivity index (χ4v) is 4.76. The first-order valence-electron chi connectivity index (χ1n) is 9.94. The van der Waals surface area contributed by atoms with E-state index in [1.54, 1.807) is 0 Å². The van der Waals surface area contributed by atoms with Crippen LogP contribution < -0.4 is 31.4 Å². The van der Waals surface area contributed by atoms with E-state index >= 15 is 0 Å². The van der Waals surface area contributed by atoms with Gasteiger partial charge in [0.05, 0.1) is 6.54 Å². The van der Waals surface area contributed by atoms with Crippen molar-refractivity contribution in [2.75, 3.05) is 31.2 Å². The molecule has 2 aromatic carbocycles. The minimum Gasteiger partial charge on any atom is -1.00 e. The number of amidine groups is 1. The zero-order chi connectivity index (χ0) is 19.1. The SMILES string of the molecule is OC1(c2ccc(Br)cc2)C[N+]2=C(CCCCC2)N1c1ccc2c(c1)OCCO2.[Br-]. The first kappa shape index (κ1) is 20.7. The van der Waals surface area contributed by atoms with E-state index in [-0.39, 0.29) is 17.0 Å². The molecule has 29 heavy (non-hydrogen) atoms. The van der Waals surface area contributed by atoms with Gasteiger partial charge in [-0.1, -0.05) is 28.1 Å². The Morgan fingerprint density at radius 2 is 1.72 bits per heavy atom. The maximum absolute atomic E-state index is 12.0. The summed E-state index contributed by atoms with van der Waals surface area (Å²) < 4.78 is 14.9. The van der Waals surface area contributed by atoms with E-state index in [4.69, 9.17) is 9.47 Å². The molecule has 3 aliphatic rings. The largest absolute Gasteiger partial charge is 1.00 e. The highest BCUT2D eigenvalue weighted by molar-refractivity contribution is 9.10. The Bertz CT molecular complexity index is 932. The van der Waals surface area contributed by atoms with E-state index in [1.807, 2.05) is 42.5 Å². The summed E-state index contributed by atoms with van der Waals surface area (Å²) in [5.41, 5.74) is 0.720. The van der Waals surface area contributed by atoms with Crippen LogP contribution in [0, 0.1) is 0 Å². The fourth-order valence-electron chi connectivity index (χ4n) is 4.49.